The quantitative estimate of drug-likeness (QED) is 0.103. The van der Waals surface area contributed by atoms with Crippen molar-refractivity contribution < 1.29 is 0 Å². The average molecular weight is 809 g/mol. The van der Waals surface area contributed by atoms with Gasteiger partial charge in [0.15, 0.2) is 0 Å². The predicted octanol–water partition coefficient (Wildman–Crippen LogP) is 12.2. The van der Waals surface area contributed by atoms with Gasteiger partial charge in [-0.25, -0.2) is 14.6 Å². The van der Waals surface area contributed by atoms with E-state index in [4.69, 9.17) is 15.8 Å². The van der Waals surface area contributed by atoms with E-state index in [2.05, 4.69) is 145 Å². The van der Waals surface area contributed by atoms with Crippen LogP contribution in [0.4, 0.5) is 0 Å². The SMILES string of the molecule is C=C(C)CC.C=CCC(C)(C)NC(C)CN(C)Cc1ncc(C2C=CC(C3=CC4CC=C(c5cnc(CN(CCC)C(=C)CC)[nH]5)C=C4C=C3)CC2)n1N.CC.CCC. The van der Waals surface area contributed by atoms with Crippen molar-refractivity contribution in [1.82, 2.24) is 34.7 Å². The molecule has 8 heteroatoms. The molecular formula is C51H84N8. The maximum Gasteiger partial charge on any atom is 0.141 e. The van der Waals surface area contributed by atoms with E-state index in [1.165, 1.54) is 28.7 Å². The summed E-state index contributed by atoms with van der Waals surface area (Å²) in [6.45, 7) is 38.6. The minimum Gasteiger partial charge on any atom is -0.368 e. The van der Waals surface area contributed by atoms with Crippen LogP contribution in [-0.2, 0) is 13.1 Å². The number of likely N-dealkylation sites (N-methyl/N-ethyl adjacent to an activating group) is 1. The molecule has 0 saturated carbocycles. The lowest BCUT2D eigenvalue weighted by molar-refractivity contribution is 0.248. The fraction of sp³-hybridized carbons (Fsp3) is 0.569. The van der Waals surface area contributed by atoms with Gasteiger partial charge in [0.05, 0.1) is 36.9 Å². The Bertz CT molecular complexity index is 1740. The normalized spacial score (nSPS) is 18.7. The molecule has 8 nitrogen and oxygen atoms in total. The minimum absolute atomic E-state index is 0.0269. The second-order valence-electron chi connectivity index (χ2n) is 17.0. The largest absolute Gasteiger partial charge is 0.368 e. The number of hydrogen-bond acceptors (Lipinski definition) is 6. The van der Waals surface area contributed by atoms with Crippen LogP contribution in [0.1, 0.15) is 156 Å². The van der Waals surface area contributed by atoms with Crippen LogP contribution in [-0.4, -0.2) is 61.1 Å². The van der Waals surface area contributed by atoms with Gasteiger partial charge in [-0.05, 0) is 102 Å². The summed E-state index contributed by atoms with van der Waals surface area (Å²) in [7, 11) is 2.13. The van der Waals surface area contributed by atoms with Crippen molar-refractivity contribution in [3.8, 4) is 0 Å². The molecule has 0 amide bonds. The molecule has 0 aromatic carbocycles. The summed E-state index contributed by atoms with van der Waals surface area (Å²) in [5.41, 5.74) is 8.65. The van der Waals surface area contributed by atoms with Crippen LogP contribution in [0.25, 0.3) is 5.57 Å². The van der Waals surface area contributed by atoms with Crippen LogP contribution < -0.4 is 11.2 Å². The van der Waals surface area contributed by atoms with Gasteiger partial charge in [-0.3, -0.25) is 4.90 Å². The molecule has 2 heterocycles. The number of hydrogen-bond donors (Lipinski definition) is 3. The van der Waals surface area contributed by atoms with E-state index in [0.29, 0.717) is 24.4 Å². The molecule has 3 aliphatic carbocycles. The molecule has 0 fully saturated rings. The highest BCUT2D eigenvalue weighted by atomic mass is 15.3. The first-order valence-electron chi connectivity index (χ1n) is 22.7. The Hall–Kier alpha value is -4.14. The molecule has 59 heavy (non-hydrogen) atoms. The Balaban J connectivity index is 0.00000109. The predicted molar refractivity (Wildman–Crippen MR) is 257 cm³/mol. The second-order valence-corrected chi connectivity index (χ2v) is 17.0. The van der Waals surface area contributed by atoms with Gasteiger partial charge in [0.1, 0.15) is 11.6 Å². The minimum atomic E-state index is 0.0269. The van der Waals surface area contributed by atoms with Crippen LogP contribution >= 0.6 is 0 Å². The van der Waals surface area contributed by atoms with Crippen molar-refractivity contribution >= 4 is 5.57 Å². The zero-order valence-corrected chi connectivity index (χ0v) is 39.5. The number of fused-ring (bicyclic) bond motifs is 1. The van der Waals surface area contributed by atoms with E-state index in [9.17, 15) is 0 Å². The molecule has 2 aromatic rings. The number of aromatic amines is 1. The number of allylic oxidation sites excluding steroid dienone is 12. The van der Waals surface area contributed by atoms with Gasteiger partial charge in [-0.1, -0.05) is 110 Å². The molecule has 0 radical (unpaired) electrons. The number of aromatic nitrogens is 4. The number of rotatable bonds is 18. The van der Waals surface area contributed by atoms with Gasteiger partial charge in [-0.2, -0.15) is 0 Å². The van der Waals surface area contributed by atoms with Crippen molar-refractivity contribution in [2.45, 2.75) is 158 Å². The van der Waals surface area contributed by atoms with Crippen molar-refractivity contribution in [3.63, 3.8) is 0 Å². The number of nitrogen functional groups attached to an aromatic ring is 1. The first kappa shape index (κ1) is 51.0. The molecule has 3 aliphatic rings. The summed E-state index contributed by atoms with van der Waals surface area (Å²) in [6, 6.07) is 0.337. The van der Waals surface area contributed by atoms with E-state index in [0.717, 1.165) is 93.3 Å². The maximum atomic E-state index is 6.63. The van der Waals surface area contributed by atoms with Gasteiger partial charge in [0.25, 0.3) is 0 Å². The molecule has 0 saturated heterocycles. The summed E-state index contributed by atoms with van der Waals surface area (Å²) < 4.78 is 1.82. The molecule has 2 aromatic heterocycles. The molecule has 0 aliphatic heterocycles. The topological polar surface area (TPSA) is 91.0 Å². The Labute approximate surface area is 361 Å². The summed E-state index contributed by atoms with van der Waals surface area (Å²) >= 11 is 0. The number of nitrogens with one attached hydrogen (secondary N) is 2. The van der Waals surface area contributed by atoms with E-state index in [1.54, 1.807) is 0 Å². The van der Waals surface area contributed by atoms with Gasteiger partial charge in [0, 0.05) is 48.1 Å². The highest BCUT2D eigenvalue weighted by molar-refractivity contribution is 5.75. The number of nitrogens with two attached hydrogens (primary N) is 1. The Kier molecular flexibility index (Phi) is 22.6. The smallest absolute Gasteiger partial charge is 0.141 e. The lowest BCUT2D eigenvalue weighted by Gasteiger charge is -2.31. The van der Waals surface area contributed by atoms with E-state index in [-0.39, 0.29) is 11.5 Å². The summed E-state index contributed by atoms with van der Waals surface area (Å²) in [6.07, 6.45) is 31.0. The first-order chi connectivity index (χ1) is 28.2. The van der Waals surface area contributed by atoms with E-state index >= 15 is 0 Å². The Morgan fingerprint density at radius 1 is 1.00 bits per heavy atom. The number of imidazole rings is 2. The summed E-state index contributed by atoms with van der Waals surface area (Å²) in [4.78, 5) is 17.7. The molecule has 5 rings (SSSR count). The second kappa shape index (κ2) is 26.2. The van der Waals surface area contributed by atoms with Crippen LogP contribution in [0.15, 0.2) is 103 Å². The number of H-pyrrole nitrogens is 1. The zero-order valence-electron chi connectivity index (χ0n) is 39.5. The first-order valence-corrected chi connectivity index (χ1v) is 22.7. The van der Waals surface area contributed by atoms with Crippen LogP contribution in [0, 0.1) is 11.8 Å². The highest BCUT2D eigenvalue weighted by Crippen LogP contribution is 2.39. The standard InChI is InChI=1S/C41H60N8.C5H10.C3H8.C2H6/c1-9-20-41(6,7)46-29(4)26-47(8)28-40-44-25-38(49(40)42)32-14-12-31(13-15-32)33-16-17-35-23-36(19-18-34(35)22-33)37-24-43-39(45-37)27-48(21-10-2)30(5)11-3;1-4-5(2)3;1-3-2;1-2/h9,12,14,16-17,19,22-25,29,31-32,34,46H,1,5,10-11,13,15,18,20-21,26-28,42H2,2-4,6-8H3,(H,43,45);2,4H2,1,3H3;3H2,1-2H3;1-2H3. The molecule has 4 N–H and O–H groups in total. The van der Waals surface area contributed by atoms with Crippen LogP contribution in [0.2, 0.25) is 0 Å². The molecular weight excluding hydrogens is 725 g/mol. The molecule has 4 atom stereocenters. The van der Waals surface area contributed by atoms with Gasteiger partial charge < -0.3 is 21.0 Å². The third kappa shape index (κ3) is 16.4. The molecule has 0 bridgehead atoms. The van der Waals surface area contributed by atoms with Crippen molar-refractivity contribution in [3.05, 3.63) is 126 Å². The third-order valence-corrected chi connectivity index (χ3v) is 10.8. The lowest BCUT2D eigenvalue weighted by Crippen LogP contribution is -2.48. The van der Waals surface area contributed by atoms with E-state index < -0.39 is 0 Å². The van der Waals surface area contributed by atoms with Crippen molar-refractivity contribution in [2.24, 2.45) is 11.8 Å². The van der Waals surface area contributed by atoms with Crippen molar-refractivity contribution in [2.75, 3.05) is 26.0 Å². The Morgan fingerprint density at radius 2 is 1.64 bits per heavy atom. The van der Waals surface area contributed by atoms with Crippen molar-refractivity contribution in [1.29, 1.82) is 0 Å². The Morgan fingerprint density at radius 3 is 2.24 bits per heavy atom. The van der Waals surface area contributed by atoms with E-state index in [1.807, 2.05) is 43.9 Å². The lowest BCUT2D eigenvalue weighted by atomic mass is 9.77. The monoisotopic (exact) mass is 809 g/mol. The summed E-state index contributed by atoms with van der Waals surface area (Å²) in [5, 5.41) is 3.71. The van der Waals surface area contributed by atoms with Crippen LogP contribution in [0.3, 0.4) is 0 Å². The molecule has 0 spiro atoms. The molecule has 4 unspecified atom stereocenters. The highest BCUT2D eigenvalue weighted by Gasteiger charge is 2.27. The molecule has 328 valence electrons. The average Bonchev–Trinajstić information content (AvgIpc) is 3.84. The van der Waals surface area contributed by atoms with Gasteiger partial charge >= 0.3 is 0 Å². The van der Waals surface area contributed by atoms with Gasteiger partial charge in [0.2, 0.25) is 0 Å². The maximum absolute atomic E-state index is 6.63. The van der Waals surface area contributed by atoms with Crippen LogP contribution in [0.5, 0.6) is 0 Å². The third-order valence-electron chi connectivity index (χ3n) is 10.8. The summed E-state index contributed by atoms with van der Waals surface area (Å²) in [5.74, 6) is 9.66. The number of nitrogens with zero attached hydrogens (tertiary/aromatic N) is 5. The van der Waals surface area contributed by atoms with Gasteiger partial charge in [-0.15, -0.1) is 13.2 Å². The fourth-order valence-corrected chi connectivity index (χ4v) is 7.65. The zero-order chi connectivity index (χ0) is 44.1. The fourth-order valence-electron chi connectivity index (χ4n) is 7.65.